The Morgan fingerprint density at radius 2 is 1.60 bits per heavy atom. The van der Waals surface area contributed by atoms with Crippen molar-refractivity contribution in [2.24, 2.45) is 13.0 Å². The van der Waals surface area contributed by atoms with Crippen LogP contribution in [-0.2, 0) is 23.2 Å². The van der Waals surface area contributed by atoms with Crippen LogP contribution in [0.15, 0.2) is 93.3 Å². The van der Waals surface area contributed by atoms with E-state index in [-0.39, 0.29) is 36.3 Å². The van der Waals surface area contributed by atoms with E-state index in [1.807, 2.05) is 47.4 Å². The average molecular weight is 920 g/mol. The summed E-state index contributed by atoms with van der Waals surface area (Å²) in [6.45, 7) is 11.3. The minimum atomic E-state index is -0.755. The largest absolute Gasteiger partial charge is 0.420 e. The fraction of sp³-hybridized carbons (Fsp3) is 0.431. The first-order valence-electron chi connectivity index (χ1n) is 24.1. The molecule has 4 aliphatic rings. The van der Waals surface area contributed by atoms with E-state index in [0.29, 0.717) is 33.8 Å². The van der Waals surface area contributed by atoms with Crippen molar-refractivity contribution in [1.82, 2.24) is 53.8 Å². The first-order chi connectivity index (χ1) is 33.1. The van der Waals surface area contributed by atoms with E-state index in [4.69, 9.17) is 9.40 Å². The second-order valence-electron chi connectivity index (χ2n) is 19.3. The fourth-order valence-electron chi connectivity index (χ4n) is 11.3. The number of fused-ring (bicyclic) bond motifs is 3. The molecule has 17 nitrogen and oxygen atoms in total. The van der Waals surface area contributed by atoms with Crippen molar-refractivity contribution in [2.45, 2.75) is 70.0 Å². The molecule has 1 unspecified atom stereocenters. The van der Waals surface area contributed by atoms with E-state index < -0.39 is 17.7 Å². The van der Waals surface area contributed by atoms with E-state index in [0.717, 1.165) is 125 Å². The van der Waals surface area contributed by atoms with Crippen LogP contribution in [0.4, 0.5) is 0 Å². The number of pyridine rings is 2. The monoisotopic (exact) mass is 919 g/mol. The highest BCUT2D eigenvalue weighted by atomic mass is 16.4. The predicted molar refractivity (Wildman–Crippen MR) is 257 cm³/mol. The van der Waals surface area contributed by atoms with Crippen molar-refractivity contribution in [3.05, 3.63) is 123 Å². The van der Waals surface area contributed by atoms with Crippen molar-refractivity contribution < 1.29 is 18.8 Å². The Morgan fingerprint density at radius 3 is 2.37 bits per heavy atom. The maximum absolute atomic E-state index is 13.7. The van der Waals surface area contributed by atoms with Gasteiger partial charge in [-0.25, -0.2) is 9.78 Å². The molecule has 2 N–H and O–H groups in total. The number of aromatic nitrogens is 6. The average Bonchev–Trinajstić information content (AvgIpc) is 4.07. The van der Waals surface area contributed by atoms with Crippen LogP contribution in [0.1, 0.15) is 90.6 Å². The first-order valence-corrected chi connectivity index (χ1v) is 24.1. The molecule has 2 atom stereocenters. The van der Waals surface area contributed by atoms with Gasteiger partial charge in [0.1, 0.15) is 11.7 Å². The Labute approximate surface area is 392 Å². The highest BCUT2D eigenvalue weighted by molar-refractivity contribution is 6.00. The standard InChI is InChI=1S/C51H57N11O6/c1-32(44-28-38-41(11-17-52-47(38)56(44)2)61-22-16-40-39(50(61)66)29-53-55-40)59-20-14-36(15-21-59)35-4-6-37(7-5-35)49(65)60-18-12-33(13-19-60)30-57-23-25-58(26-24-57)31-34-3-8-42-45(27-34)68-51(67)62(42)43-9-10-46(63)54-48(43)64/h3-8,11,16-17,22,27-29,32-33,36,43H,9-10,12-15,18-21,23-26,30-31H2,1-2H3,(H,53,55)(H,54,63,64)/t32-,43?/m1/s1. The molecule has 0 radical (unpaired) electrons. The molecule has 0 spiro atoms. The smallest absolute Gasteiger partial charge is 0.408 e. The Morgan fingerprint density at radius 1 is 0.838 bits per heavy atom. The molecule has 4 saturated heterocycles. The lowest BCUT2D eigenvalue weighted by molar-refractivity contribution is -0.135. The molecule has 11 rings (SSSR count). The third-order valence-electron chi connectivity index (χ3n) is 15.3. The van der Waals surface area contributed by atoms with Crippen LogP contribution in [0, 0.1) is 5.92 Å². The lowest BCUT2D eigenvalue weighted by Gasteiger charge is -2.39. The fourth-order valence-corrected chi connectivity index (χ4v) is 11.3. The third kappa shape index (κ3) is 8.25. The van der Waals surface area contributed by atoms with Crippen LogP contribution in [0.5, 0.6) is 0 Å². The molecule has 4 fully saturated rings. The molecule has 0 saturated carbocycles. The molecule has 4 aliphatic heterocycles. The molecule has 3 amide bonds. The zero-order chi connectivity index (χ0) is 46.6. The summed E-state index contributed by atoms with van der Waals surface area (Å²) in [5.74, 6) is -0.265. The number of likely N-dealkylation sites (tertiary alicyclic amines) is 2. The molecule has 2 aromatic carbocycles. The van der Waals surface area contributed by atoms with Crippen molar-refractivity contribution in [3.8, 4) is 5.69 Å². The Kier molecular flexibility index (Phi) is 11.7. The number of H-pyrrole nitrogens is 1. The van der Waals surface area contributed by atoms with Gasteiger partial charge in [0.25, 0.3) is 11.5 Å². The quantitative estimate of drug-likeness (QED) is 0.175. The maximum atomic E-state index is 13.7. The van der Waals surface area contributed by atoms with Gasteiger partial charge >= 0.3 is 5.76 Å². The Balaban J connectivity index is 0.633. The number of nitrogens with zero attached hydrogens (tertiary/aromatic N) is 9. The number of carbonyl (C=O) groups is 3. The van der Waals surface area contributed by atoms with Crippen LogP contribution in [-0.4, -0.2) is 125 Å². The van der Waals surface area contributed by atoms with E-state index in [1.54, 1.807) is 23.2 Å². The number of amides is 3. The van der Waals surface area contributed by atoms with Crippen LogP contribution >= 0.6 is 0 Å². The van der Waals surface area contributed by atoms with Crippen molar-refractivity contribution in [1.29, 1.82) is 0 Å². The molecule has 7 aromatic rings. The SMILES string of the molecule is C[C@H](c1cc2c(-n3ccc4[nH]ncc4c3=O)ccnc2n1C)N1CCC(c2ccc(C(=O)N3CCC(CN4CCN(Cc5ccc6c(c5)oc(=O)n6C5CCC(=O)NC5=O)CC4)CC3)cc2)CC1. The summed E-state index contributed by atoms with van der Waals surface area (Å²) in [5.41, 5.74) is 7.52. The van der Waals surface area contributed by atoms with Crippen molar-refractivity contribution in [3.63, 3.8) is 0 Å². The van der Waals surface area contributed by atoms with Gasteiger partial charge in [0.05, 0.1) is 28.3 Å². The number of piperidine rings is 3. The van der Waals surface area contributed by atoms with Gasteiger partial charge in [-0.05, 0) is 118 Å². The summed E-state index contributed by atoms with van der Waals surface area (Å²) in [7, 11) is 2.06. The van der Waals surface area contributed by atoms with Gasteiger partial charge in [-0.15, -0.1) is 0 Å². The van der Waals surface area contributed by atoms with E-state index >= 15 is 0 Å². The molecule has 0 aliphatic carbocycles. The normalized spacial score (nSPS) is 20.2. The summed E-state index contributed by atoms with van der Waals surface area (Å²) >= 11 is 0. The molecule has 9 heterocycles. The molecular weight excluding hydrogens is 863 g/mol. The van der Waals surface area contributed by atoms with Gasteiger partial charge in [-0.2, -0.15) is 5.10 Å². The number of aryl methyl sites for hydroxylation is 1. The van der Waals surface area contributed by atoms with Crippen LogP contribution in [0.25, 0.3) is 38.7 Å². The summed E-state index contributed by atoms with van der Waals surface area (Å²) in [4.78, 5) is 78.2. The van der Waals surface area contributed by atoms with Crippen LogP contribution in [0.2, 0.25) is 0 Å². The molecule has 68 heavy (non-hydrogen) atoms. The minimum Gasteiger partial charge on any atom is -0.408 e. The van der Waals surface area contributed by atoms with Crippen molar-refractivity contribution in [2.75, 3.05) is 58.9 Å². The Hall–Kier alpha value is -6.69. The topological polar surface area (TPSA) is 180 Å². The number of aromatic amines is 1. The molecule has 0 bridgehead atoms. The summed E-state index contributed by atoms with van der Waals surface area (Å²) in [5, 5.41) is 10.8. The van der Waals surface area contributed by atoms with Gasteiger partial charge in [-0.3, -0.25) is 48.5 Å². The lowest BCUT2D eigenvalue weighted by Crippen LogP contribution is -2.48. The summed E-state index contributed by atoms with van der Waals surface area (Å²) < 4.78 is 10.8. The lowest BCUT2D eigenvalue weighted by atomic mass is 9.88. The Bertz CT molecular complexity index is 3160. The maximum Gasteiger partial charge on any atom is 0.420 e. The van der Waals surface area contributed by atoms with Gasteiger partial charge in [0.15, 0.2) is 5.58 Å². The summed E-state index contributed by atoms with van der Waals surface area (Å²) in [6, 6.07) is 19.5. The second kappa shape index (κ2) is 18.1. The van der Waals surface area contributed by atoms with Crippen LogP contribution < -0.4 is 16.6 Å². The number of imide groups is 1. The van der Waals surface area contributed by atoms with Gasteiger partial charge in [0.2, 0.25) is 11.8 Å². The number of oxazole rings is 1. The van der Waals surface area contributed by atoms with Crippen molar-refractivity contribution >= 4 is 50.8 Å². The number of hydrogen-bond acceptors (Lipinski definition) is 11. The van der Waals surface area contributed by atoms with E-state index in [1.165, 1.54) is 10.1 Å². The number of piperazine rings is 1. The van der Waals surface area contributed by atoms with Gasteiger partial charge in [-0.1, -0.05) is 18.2 Å². The zero-order valence-corrected chi connectivity index (χ0v) is 38.6. The van der Waals surface area contributed by atoms with Gasteiger partial charge < -0.3 is 18.8 Å². The highest BCUT2D eigenvalue weighted by Gasteiger charge is 2.33. The van der Waals surface area contributed by atoms with E-state index in [9.17, 15) is 24.0 Å². The number of hydrogen-bond donors (Lipinski definition) is 2. The number of rotatable bonds is 10. The summed E-state index contributed by atoms with van der Waals surface area (Å²) in [6.07, 6.45) is 9.68. The molecule has 17 heteroatoms. The predicted octanol–water partition coefficient (Wildman–Crippen LogP) is 5.10. The minimum absolute atomic E-state index is 0.116. The van der Waals surface area contributed by atoms with E-state index in [2.05, 4.69) is 67.0 Å². The highest BCUT2D eigenvalue weighted by Crippen LogP contribution is 2.35. The first kappa shape index (κ1) is 43.9. The third-order valence-corrected chi connectivity index (χ3v) is 15.3. The molecule has 352 valence electrons. The molecule has 5 aromatic heterocycles. The van der Waals surface area contributed by atoms with Crippen LogP contribution in [0.3, 0.4) is 0 Å². The number of nitrogens with one attached hydrogen (secondary N) is 2. The second-order valence-corrected chi connectivity index (χ2v) is 19.3. The number of carbonyl (C=O) groups excluding carboxylic acids is 3. The molecular formula is C51H57N11O6. The number of benzene rings is 2. The zero-order valence-electron chi connectivity index (χ0n) is 38.6. The van der Waals surface area contributed by atoms with Gasteiger partial charge in [0, 0.05) is 101 Å².